The van der Waals surface area contributed by atoms with E-state index in [2.05, 4.69) is 10.2 Å². The topological polar surface area (TPSA) is 78.7 Å². The molecule has 0 spiro atoms. The van der Waals surface area contributed by atoms with Gasteiger partial charge >= 0.3 is 0 Å². The first kappa shape index (κ1) is 15.2. The second-order valence-corrected chi connectivity index (χ2v) is 5.19. The molecule has 0 aromatic heterocycles. The van der Waals surface area contributed by atoms with Crippen LogP contribution in [0.1, 0.15) is 16.8 Å². The lowest BCUT2D eigenvalue weighted by atomic mass is 10.1. The third-order valence-electron chi connectivity index (χ3n) is 3.72. The van der Waals surface area contributed by atoms with Gasteiger partial charge in [0.25, 0.3) is 11.6 Å². The van der Waals surface area contributed by atoms with Crippen LogP contribution in [0, 0.1) is 10.1 Å². The van der Waals surface area contributed by atoms with Crippen LogP contribution in [-0.2, 0) is 0 Å². The van der Waals surface area contributed by atoms with Crippen molar-refractivity contribution in [1.29, 1.82) is 0 Å². The first-order valence-corrected chi connectivity index (χ1v) is 6.97. The predicted molar refractivity (Wildman–Crippen MR) is 80.7 cm³/mol. The van der Waals surface area contributed by atoms with Gasteiger partial charge in [0.15, 0.2) is 0 Å². The molecular weight excluding hydrogens is 272 g/mol. The van der Waals surface area contributed by atoms with Crippen molar-refractivity contribution < 1.29 is 9.72 Å². The second kappa shape index (κ2) is 6.53. The van der Waals surface area contributed by atoms with Crippen LogP contribution < -0.4 is 5.32 Å². The van der Waals surface area contributed by atoms with Crippen molar-refractivity contribution >= 4 is 17.3 Å². The molecule has 0 aliphatic carbocycles. The average molecular weight is 292 g/mol. The van der Waals surface area contributed by atoms with Crippen molar-refractivity contribution in [3.63, 3.8) is 0 Å². The van der Waals surface area contributed by atoms with Gasteiger partial charge < -0.3 is 15.1 Å². The number of nitro groups is 1. The van der Waals surface area contributed by atoms with Crippen molar-refractivity contribution in [1.82, 2.24) is 9.80 Å². The SMILES string of the molecule is CNc1cc(C(=O)N2CCCN(C)CC2)ccc1[N+](=O)[O-]. The average Bonchev–Trinajstić information content (AvgIpc) is 2.70. The molecule has 1 aliphatic rings. The van der Waals surface area contributed by atoms with Crippen molar-refractivity contribution in [2.24, 2.45) is 0 Å². The molecule has 1 heterocycles. The van der Waals surface area contributed by atoms with Gasteiger partial charge in [-0.05, 0) is 32.1 Å². The van der Waals surface area contributed by atoms with E-state index in [0.29, 0.717) is 17.8 Å². The number of likely N-dealkylation sites (N-methyl/N-ethyl adjacent to an activating group) is 1. The summed E-state index contributed by atoms with van der Waals surface area (Å²) in [7, 11) is 3.65. The van der Waals surface area contributed by atoms with Gasteiger partial charge in [-0.1, -0.05) is 0 Å². The largest absolute Gasteiger partial charge is 0.383 e. The van der Waals surface area contributed by atoms with Crippen LogP contribution in [0.3, 0.4) is 0 Å². The van der Waals surface area contributed by atoms with Crippen molar-refractivity contribution in [2.75, 3.05) is 45.6 Å². The summed E-state index contributed by atoms with van der Waals surface area (Å²) >= 11 is 0. The molecule has 1 saturated heterocycles. The molecule has 0 atom stereocenters. The predicted octanol–water partition coefficient (Wildman–Crippen LogP) is 1.41. The van der Waals surface area contributed by atoms with Gasteiger partial charge in [-0.25, -0.2) is 0 Å². The number of nitrogens with one attached hydrogen (secondary N) is 1. The fourth-order valence-corrected chi connectivity index (χ4v) is 2.46. The van der Waals surface area contributed by atoms with Gasteiger partial charge in [-0.3, -0.25) is 14.9 Å². The molecule has 1 amide bonds. The van der Waals surface area contributed by atoms with Gasteiger partial charge in [-0.2, -0.15) is 0 Å². The first-order valence-electron chi connectivity index (χ1n) is 6.97. The Morgan fingerprint density at radius 3 is 2.71 bits per heavy atom. The summed E-state index contributed by atoms with van der Waals surface area (Å²) in [4.78, 5) is 27.0. The molecule has 0 unspecified atom stereocenters. The Morgan fingerprint density at radius 1 is 1.29 bits per heavy atom. The number of rotatable bonds is 3. The highest BCUT2D eigenvalue weighted by Gasteiger charge is 2.21. The molecule has 1 aromatic carbocycles. The molecule has 1 aliphatic heterocycles. The van der Waals surface area contributed by atoms with Crippen molar-refractivity contribution in [3.8, 4) is 0 Å². The van der Waals surface area contributed by atoms with Crippen LogP contribution in [0.2, 0.25) is 0 Å². The van der Waals surface area contributed by atoms with Gasteiger partial charge in [-0.15, -0.1) is 0 Å². The van der Waals surface area contributed by atoms with Crippen LogP contribution >= 0.6 is 0 Å². The Balaban J connectivity index is 2.21. The Labute approximate surface area is 123 Å². The molecule has 0 bridgehead atoms. The van der Waals surface area contributed by atoms with Gasteiger partial charge in [0.1, 0.15) is 5.69 Å². The van der Waals surface area contributed by atoms with Gasteiger partial charge in [0.2, 0.25) is 0 Å². The van der Waals surface area contributed by atoms with Crippen molar-refractivity contribution in [3.05, 3.63) is 33.9 Å². The number of anilines is 1. The third kappa shape index (κ3) is 3.49. The molecule has 0 radical (unpaired) electrons. The molecule has 0 saturated carbocycles. The minimum atomic E-state index is -0.457. The van der Waals surface area contributed by atoms with E-state index in [1.165, 1.54) is 12.1 Å². The number of hydrogen-bond donors (Lipinski definition) is 1. The van der Waals surface area contributed by atoms with Gasteiger partial charge in [0.05, 0.1) is 4.92 Å². The Hall–Kier alpha value is -2.15. The minimum absolute atomic E-state index is 0.0235. The number of carbonyl (C=O) groups is 1. The van der Waals surface area contributed by atoms with E-state index >= 15 is 0 Å². The fraction of sp³-hybridized carbons (Fsp3) is 0.500. The smallest absolute Gasteiger partial charge is 0.292 e. The van der Waals surface area contributed by atoms with Crippen LogP contribution in [0.25, 0.3) is 0 Å². The summed E-state index contributed by atoms with van der Waals surface area (Å²) in [6.07, 6.45) is 0.939. The highest BCUT2D eigenvalue weighted by atomic mass is 16.6. The lowest BCUT2D eigenvalue weighted by molar-refractivity contribution is -0.383. The maximum Gasteiger partial charge on any atom is 0.292 e. The monoisotopic (exact) mass is 292 g/mol. The molecule has 1 aromatic rings. The maximum atomic E-state index is 12.5. The highest BCUT2D eigenvalue weighted by molar-refractivity contribution is 5.96. The Bertz CT molecular complexity index is 547. The second-order valence-electron chi connectivity index (χ2n) is 5.19. The van der Waals surface area contributed by atoms with E-state index in [4.69, 9.17) is 0 Å². The first-order chi connectivity index (χ1) is 10.0. The molecule has 7 nitrogen and oxygen atoms in total. The minimum Gasteiger partial charge on any atom is -0.383 e. The molecule has 7 heteroatoms. The zero-order valence-corrected chi connectivity index (χ0v) is 12.3. The summed E-state index contributed by atoms with van der Waals surface area (Å²) in [5.41, 5.74) is 0.817. The number of amides is 1. The summed E-state index contributed by atoms with van der Waals surface area (Å²) < 4.78 is 0. The number of benzene rings is 1. The normalized spacial score (nSPS) is 16.4. The van der Waals surface area contributed by atoms with E-state index in [1.807, 2.05) is 11.9 Å². The van der Waals surface area contributed by atoms with E-state index in [0.717, 1.165) is 26.1 Å². The van der Waals surface area contributed by atoms with E-state index < -0.39 is 4.92 Å². The summed E-state index contributed by atoms with van der Waals surface area (Å²) in [6.45, 7) is 3.22. The molecule has 114 valence electrons. The quantitative estimate of drug-likeness (QED) is 0.673. The van der Waals surface area contributed by atoms with Crippen LogP contribution in [0.15, 0.2) is 18.2 Å². The summed E-state index contributed by atoms with van der Waals surface area (Å²) in [5, 5.41) is 13.7. The maximum absolute atomic E-state index is 12.5. The fourth-order valence-electron chi connectivity index (χ4n) is 2.46. The zero-order valence-electron chi connectivity index (χ0n) is 12.3. The van der Waals surface area contributed by atoms with Gasteiger partial charge in [0, 0.05) is 38.3 Å². The Morgan fingerprint density at radius 2 is 2.05 bits per heavy atom. The lowest BCUT2D eigenvalue weighted by Crippen LogP contribution is -2.34. The number of nitro benzene ring substituents is 1. The molecule has 2 rings (SSSR count). The number of carbonyl (C=O) groups excluding carboxylic acids is 1. The van der Waals surface area contributed by atoms with Crippen LogP contribution in [0.5, 0.6) is 0 Å². The molecule has 1 fully saturated rings. The van der Waals surface area contributed by atoms with Crippen LogP contribution in [0.4, 0.5) is 11.4 Å². The highest BCUT2D eigenvalue weighted by Crippen LogP contribution is 2.25. The van der Waals surface area contributed by atoms with E-state index in [-0.39, 0.29) is 11.6 Å². The summed E-state index contributed by atoms with van der Waals surface area (Å²) in [6, 6.07) is 4.45. The van der Waals surface area contributed by atoms with Crippen molar-refractivity contribution in [2.45, 2.75) is 6.42 Å². The van der Waals surface area contributed by atoms with E-state index in [9.17, 15) is 14.9 Å². The molecular formula is C14H20N4O3. The molecule has 1 N–H and O–H groups in total. The molecule has 21 heavy (non-hydrogen) atoms. The number of nitrogens with zero attached hydrogens (tertiary/aromatic N) is 3. The number of hydrogen-bond acceptors (Lipinski definition) is 5. The zero-order chi connectivity index (χ0) is 15.4. The van der Waals surface area contributed by atoms with E-state index in [1.54, 1.807) is 13.1 Å². The Kier molecular flexibility index (Phi) is 4.74. The lowest BCUT2D eigenvalue weighted by Gasteiger charge is -2.20. The third-order valence-corrected chi connectivity index (χ3v) is 3.72. The van der Waals surface area contributed by atoms with Crippen LogP contribution in [-0.4, -0.2) is 60.9 Å². The standard InChI is InChI=1S/C14H20N4O3/c1-15-12-10-11(4-5-13(12)18(20)21)14(19)17-7-3-6-16(2)8-9-17/h4-5,10,15H,3,6-9H2,1-2H3. The summed E-state index contributed by atoms with van der Waals surface area (Å²) in [5.74, 6) is -0.0725.